The molecule has 134 valence electrons. The van der Waals surface area contributed by atoms with Gasteiger partial charge in [-0.1, -0.05) is 11.8 Å². The molecule has 2 atom stereocenters. The first-order valence-electron chi connectivity index (χ1n) is 7.48. The molecule has 1 aliphatic rings. The van der Waals surface area contributed by atoms with Crippen molar-refractivity contribution in [2.75, 3.05) is 20.0 Å². The number of dihydropyridines is 1. The number of aliphatic imine (C=N–C) groups is 1. The van der Waals surface area contributed by atoms with E-state index in [4.69, 9.17) is 9.47 Å². The highest BCUT2D eigenvalue weighted by Gasteiger charge is 2.27. The van der Waals surface area contributed by atoms with E-state index in [9.17, 15) is 8.78 Å². The van der Waals surface area contributed by atoms with Gasteiger partial charge in [0.1, 0.15) is 17.6 Å². The lowest BCUT2D eigenvalue weighted by atomic mass is 10.1. The van der Waals surface area contributed by atoms with Crippen molar-refractivity contribution in [2.45, 2.75) is 23.9 Å². The molecule has 25 heavy (non-hydrogen) atoms. The van der Waals surface area contributed by atoms with Crippen molar-refractivity contribution in [3.63, 3.8) is 0 Å². The van der Waals surface area contributed by atoms with Gasteiger partial charge in [0, 0.05) is 25.1 Å². The SMILES string of the molecule is COC1=CC=NC(CSc2nc3ccc(OC(F)F)cc3[nH]2)C1OC. The first-order chi connectivity index (χ1) is 12.1. The van der Waals surface area contributed by atoms with Crippen molar-refractivity contribution in [1.29, 1.82) is 0 Å². The molecule has 1 N–H and O–H groups in total. The molecule has 0 saturated carbocycles. The summed E-state index contributed by atoms with van der Waals surface area (Å²) in [5.41, 5.74) is 1.31. The fourth-order valence-corrected chi connectivity index (χ4v) is 3.49. The van der Waals surface area contributed by atoms with Crippen molar-refractivity contribution >= 4 is 29.0 Å². The number of benzene rings is 1. The summed E-state index contributed by atoms with van der Waals surface area (Å²) in [4.78, 5) is 12.0. The first kappa shape index (κ1) is 17.7. The van der Waals surface area contributed by atoms with Crippen molar-refractivity contribution in [1.82, 2.24) is 9.97 Å². The number of halogens is 2. The number of ether oxygens (including phenoxy) is 3. The number of aromatic amines is 1. The van der Waals surface area contributed by atoms with E-state index in [0.29, 0.717) is 21.9 Å². The monoisotopic (exact) mass is 369 g/mol. The van der Waals surface area contributed by atoms with E-state index in [2.05, 4.69) is 19.7 Å². The topological polar surface area (TPSA) is 68.7 Å². The number of rotatable bonds is 7. The number of H-pyrrole nitrogens is 1. The van der Waals surface area contributed by atoms with Crippen molar-refractivity contribution in [2.24, 2.45) is 4.99 Å². The number of nitrogens with one attached hydrogen (secondary N) is 1. The van der Waals surface area contributed by atoms with Crippen LogP contribution in [0.5, 0.6) is 5.75 Å². The van der Waals surface area contributed by atoms with Gasteiger partial charge in [0.2, 0.25) is 0 Å². The number of methoxy groups -OCH3 is 2. The number of thioether (sulfide) groups is 1. The second-order valence-corrected chi connectivity index (χ2v) is 6.21. The molecule has 1 aromatic heterocycles. The minimum atomic E-state index is -2.85. The number of alkyl halides is 2. The van der Waals surface area contributed by atoms with Gasteiger partial charge in [-0.05, 0) is 18.2 Å². The Balaban J connectivity index is 1.69. The van der Waals surface area contributed by atoms with E-state index in [1.165, 1.54) is 23.9 Å². The number of imidazole rings is 1. The zero-order valence-corrected chi connectivity index (χ0v) is 14.4. The summed E-state index contributed by atoms with van der Waals surface area (Å²) in [6, 6.07) is 4.49. The smallest absolute Gasteiger partial charge is 0.387 e. The van der Waals surface area contributed by atoms with Gasteiger partial charge >= 0.3 is 6.61 Å². The van der Waals surface area contributed by atoms with Crippen molar-refractivity contribution < 1.29 is 23.0 Å². The largest absolute Gasteiger partial charge is 0.498 e. The molecule has 0 amide bonds. The van der Waals surface area contributed by atoms with Gasteiger partial charge in [0.25, 0.3) is 0 Å². The highest BCUT2D eigenvalue weighted by molar-refractivity contribution is 7.99. The lowest BCUT2D eigenvalue weighted by molar-refractivity contribution is -0.0497. The third kappa shape index (κ3) is 4.10. The fraction of sp³-hybridized carbons (Fsp3) is 0.375. The van der Waals surface area contributed by atoms with Crippen LogP contribution in [0.15, 0.2) is 40.2 Å². The Morgan fingerprint density at radius 3 is 2.88 bits per heavy atom. The zero-order valence-electron chi connectivity index (χ0n) is 13.6. The van der Waals surface area contributed by atoms with Crippen molar-refractivity contribution in [3.05, 3.63) is 30.0 Å². The van der Waals surface area contributed by atoms with Gasteiger partial charge in [-0.3, -0.25) is 4.99 Å². The van der Waals surface area contributed by atoms with Crippen LogP contribution in [0, 0.1) is 0 Å². The van der Waals surface area contributed by atoms with E-state index in [1.807, 2.05) is 0 Å². The predicted octanol–water partition coefficient (Wildman–Crippen LogP) is 3.25. The van der Waals surface area contributed by atoms with Crippen LogP contribution in [0.4, 0.5) is 8.78 Å². The number of allylic oxidation sites excluding steroid dienone is 1. The van der Waals surface area contributed by atoms with Crippen molar-refractivity contribution in [3.8, 4) is 5.75 Å². The van der Waals surface area contributed by atoms with Crippen LogP contribution in [0.1, 0.15) is 0 Å². The fourth-order valence-electron chi connectivity index (χ4n) is 2.55. The Hall–Kier alpha value is -2.13. The summed E-state index contributed by atoms with van der Waals surface area (Å²) in [5, 5.41) is 0.669. The maximum Gasteiger partial charge on any atom is 0.387 e. The predicted molar refractivity (Wildman–Crippen MR) is 91.6 cm³/mol. The molecule has 0 spiro atoms. The maximum atomic E-state index is 12.3. The summed E-state index contributed by atoms with van der Waals surface area (Å²) in [6.07, 6.45) is 3.23. The van der Waals surface area contributed by atoms with Crippen LogP contribution in [-0.2, 0) is 9.47 Å². The Labute approximate surface area is 147 Å². The van der Waals surface area contributed by atoms with Gasteiger partial charge < -0.3 is 19.2 Å². The average molecular weight is 369 g/mol. The van der Waals surface area contributed by atoms with E-state index in [-0.39, 0.29) is 17.9 Å². The summed E-state index contributed by atoms with van der Waals surface area (Å²) in [5.74, 6) is 1.44. The van der Waals surface area contributed by atoms with Crippen LogP contribution in [0.25, 0.3) is 11.0 Å². The molecule has 0 radical (unpaired) electrons. The number of fused-ring (bicyclic) bond motifs is 1. The Kier molecular flexibility index (Phi) is 5.54. The summed E-state index contributed by atoms with van der Waals surface area (Å²) in [6.45, 7) is -2.85. The van der Waals surface area contributed by atoms with Gasteiger partial charge in [0.05, 0.1) is 24.2 Å². The molecule has 0 bridgehead atoms. The van der Waals surface area contributed by atoms with Crippen LogP contribution in [-0.4, -0.2) is 54.9 Å². The quantitative estimate of drug-likeness (QED) is 0.759. The van der Waals surface area contributed by atoms with E-state index in [1.54, 1.807) is 32.6 Å². The molecule has 2 heterocycles. The minimum Gasteiger partial charge on any atom is -0.498 e. The van der Waals surface area contributed by atoms with Gasteiger partial charge in [-0.2, -0.15) is 8.78 Å². The Morgan fingerprint density at radius 1 is 1.32 bits per heavy atom. The van der Waals surface area contributed by atoms with Gasteiger partial charge in [-0.25, -0.2) is 4.98 Å². The number of nitrogens with zero attached hydrogens (tertiary/aromatic N) is 2. The molecule has 9 heteroatoms. The standard InChI is InChI=1S/C16H17F2N3O3S/c1-22-13-5-6-19-12(14(13)23-2)8-25-16-20-10-4-3-9(24-15(17)18)7-11(10)21-16/h3-7,12,14-15H,8H2,1-2H3,(H,20,21). The van der Waals surface area contributed by atoms with Crippen LogP contribution in [0.3, 0.4) is 0 Å². The number of hydrogen-bond donors (Lipinski definition) is 1. The maximum absolute atomic E-state index is 12.3. The molecule has 2 unspecified atom stereocenters. The third-order valence-corrected chi connectivity index (χ3v) is 4.66. The normalized spacial score (nSPS) is 20.1. The molecule has 2 aromatic rings. The molecule has 0 aliphatic carbocycles. The Bertz CT molecular complexity index is 794. The highest BCUT2D eigenvalue weighted by atomic mass is 32.2. The summed E-state index contributed by atoms with van der Waals surface area (Å²) in [7, 11) is 3.21. The molecule has 0 saturated heterocycles. The van der Waals surface area contributed by atoms with E-state index >= 15 is 0 Å². The second-order valence-electron chi connectivity index (χ2n) is 5.21. The molecular weight excluding hydrogens is 352 g/mol. The minimum absolute atomic E-state index is 0.0916. The van der Waals surface area contributed by atoms with Gasteiger partial charge in [0.15, 0.2) is 5.16 Å². The van der Waals surface area contributed by atoms with Gasteiger partial charge in [-0.15, -0.1) is 0 Å². The Morgan fingerprint density at radius 2 is 2.16 bits per heavy atom. The first-order valence-corrected chi connectivity index (χ1v) is 8.46. The molecule has 1 aromatic carbocycles. The lowest BCUT2D eigenvalue weighted by Gasteiger charge is -2.26. The lowest BCUT2D eigenvalue weighted by Crippen LogP contribution is -2.33. The highest BCUT2D eigenvalue weighted by Crippen LogP contribution is 2.27. The van der Waals surface area contributed by atoms with Crippen LogP contribution >= 0.6 is 11.8 Å². The second kappa shape index (κ2) is 7.83. The molecule has 1 aliphatic heterocycles. The molecule has 6 nitrogen and oxygen atoms in total. The average Bonchev–Trinajstić information content (AvgIpc) is 3.01. The van der Waals surface area contributed by atoms with E-state index in [0.717, 1.165) is 5.76 Å². The summed E-state index contributed by atoms with van der Waals surface area (Å²) < 4.78 is 39.8. The number of aromatic nitrogens is 2. The van der Waals surface area contributed by atoms with Crippen LogP contribution < -0.4 is 4.74 Å². The third-order valence-electron chi connectivity index (χ3n) is 3.68. The van der Waals surface area contributed by atoms with Crippen LogP contribution in [0.2, 0.25) is 0 Å². The number of hydrogen-bond acceptors (Lipinski definition) is 6. The molecule has 3 rings (SSSR count). The molecular formula is C16H17F2N3O3S. The zero-order chi connectivity index (χ0) is 17.8. The molecule has 0 fully saturated rings. The van der Waals surface area contributed by atoms with E-state index < -0.39 is 6.61 Å². The summed E-state index contributed by atoms with van der Waals surface area (Å²) >= 11 is 1.47.